The van der Waals surface area contributed by atoms with Gasteiger partial charge < -0.3 is 15.0 Å². The predicted octanol–water partition coefficient (Wildman–Crippen LogP) is 1.09. The third-order valence-corrected chi connectivity index (χ3v) is 3.91. The number of carbonyl (C=O) groups excluding carboxylic acids is 2. The van der Waals surface area contributed by atoms with Gasteiger partial charge >= 0.3 is 0 Å². The van der Waals surface area contributed by atoms with Gasteiger partial charge in [-0.1, -0.05) is 19.9 Å². The van der Waals surface area contributed by atoms with Crippen LogP contribution in [0.5, 0.6) is 0 Å². The van der Waals surface area contributed by atoms with Crippen LogP contribution in [0.1, 0.15) is 33.1 Å². The zero-order valence-electron chi connectivity index (χ0n) is 12.3. The van der Waals surface area contributed by atoms with Crippen molar-refractivity contribution in [3.63, 3.8) is 0 Å². The summed E-state index contributed by atoms with van der Waals surface area (Å²) in [4.78, 5) is 26.4. The topological polar surface area (TPSA) is 58.6 Å². The van der Waals surface area contributed by atoms with Crippen molar-refractivity contribution >= 4 is 11.8 Å². The fourth-order valence-electron chi connectivity index (χ4n) is 2.96. The molecule has 3 unspecified atom stereocenters. The molecule has 2 aliphatic heterocycles. The molecule has 0 radical (unpaired) electrons. The van der Waals surface area contributed by atoms with E-state index in [0.29, 0.717) is 31.9 Å². The number of rotatable bonds is 5. The van der Waals surface area contributed by atoms with Gasteiger partial charge in [-0.3, -0.25) is 9.59 Å². The molecule has 2 heterocycles. The van der Waals surface area contributed by atoms with Crippen molar-refractivity contribution in [2.45, 2.75) is 51.3 Å². The predicted molar refractivity (Wildman–Crippen MR) is 76.1 cm³/mol. The first-order chi connectivity index (χ1) is 9.52. The molecule has 0 aliphatic carbocycles. The van der Waals surface area contributed by atoms with Crippen LogP contribution >= 0.6 is 0 Å². The highest BCUT2D eigenvalue weighted by molar-refractivity contribution is 5.97. The standard InChI is InChI=1S/C15H24N2O3/c1-4-7-20-11-5-6-17-13(9-11)14(18)16-12(15(17)19)8-10(2)3/h4,10-13H,1,5-9H2,2-3H3,(H,16,18). The molecule has 2 amide bonds. The van der Waals surface area contributed by atoms with Crippen LogP contribution in [0.4, 0.5) is 0 Å². The van der Waals surface area contributed by atoms with Gasteiger partial charge in [0.1, 0.15) is 12.1 Å². The zero-order chi connectivity index (χ0) is 14.7. The molecule has 0 aromatic rings. The molecule has 2 rings (SSSR count). The van der Waals surface area contributed by atoms with Crippen LogP contribution in [0.2, 0.25) is 0 Å². The van der Waals surface area contributed by atoms with Gasteiger partial charge in [-0.05, 0) is 18.8 Å². The van der Waals surface area contributed by atoms with E-state index in [1.54, 1.807) is 11.0 Å². The van der Waals surface area contributed by atoms with Crippen molar-refractivity contribution < 1.29 is 14.3 Å². The molecule has 0 spiro atoms. The van der Waals surface area contributed by atoms with E-state index in [9.17, 15) is 9.59 Å². The number of piperazine rings is 1. The van der Waals surface area contributed by atoms with Gasteiger partial charge in [0, 0.05) is 13.0 Å². The summed E-state index contributed by atoms with van der Waals surface area (Å²) in [5.74, 6) is 0.405. The molecule has 2 saturated heterocycles. The van der Waals surface area contributed by atoms with Gasteiger partial charge in [-0.2, -0.15) is 0 Å². The maximum atomic E-state index is 12.4. The summed E-state index contributed by atoms with van der Waals surface area (Å²) in [7, 11) is 0. The Kier molecular flexibility index (Phi) is 4.81. The molecular weight excluding hydrogens is 256 g/mol. The minimum Gasteiger partial charge on any atom is -0.374 e. The lowest BCUT2D eigenvalue weighted by Gasteiger charge is -2.44. The summed E-state index contributed by atoms with van der Waals surface area (Å²) in [6.45, 7) is 8.83. The van der Waals surface area contributed by atoms with Gasteiger partial charge in [0.25, 0.3) is 0 Å². The molecule has 2 fully saturated rings. The fourth-order valence-corrected chi connectivity index (χ4v) is 2.96. The molecule has 0 bridgehead atoms. The minimum absolute atomic E-state index is 0.0365. The maximum Gasteiger partial charge on any atom is 0.245 e. The van der Waals surface area contributed by atoms with Crippen LogP contribution in [0.25, 0.3) is 0 Å². The lowest BCUT2D eigenvalue weighted by atomic mass is 9.92. The van der Waals surface area contributed by atoms with Crippen LogP contribution in [-0.4, -0.2) is 48.1 Å². The zero-order valence-corrected chi connectivity index (χ0v) is 12.3. The number of nitrogens with zero attached hydrogens (tertiary/aromatic N) is 1. The summed E-state index contributed by atoms with van der Waals surface area (Å²) in [6, 6.07) is -0.723. The number of carbonyl (C=O) groups is 2. The quantitative estimate of drug-likeness (QED) is 0.767. The van der Waals surface area contributed by atoms with Crippen LogP contribution in [-0.2, 0) is 14.3 Å². The Morgan fingerprint density at radius 3 is 2.90 bits per heavy atom. The average Bonchev–Trinajstić information content (AvgIpc) is 2.41. The minimum atomic E-state index is -0.366. The molecule has 3 atom stereocenters. The summed E-state index contributed by atoms with van der Waals surface area (Å²) >= 11 is 0. The van der Waals surface area contributed by atoms with Crippen molar-refractivity contribution in [2.24, 2.45) is 5.92 Å². The molecule has 0 aromatic carbocycles. The first kappa shape index (κ1) is 15.0. The van der Waals surface area contributed by atoms with E-state index in [4.69, 9.17) is 4.74 Å². The molecule has 5 nitrogen and oxygen atoms in total. The van der Waals surface area contributed by atoms with E-state index in [-0.39, 0.29) is 30.0 Å². The molecule has 2 aliphatic rings. The van der Waals surface area contributed by atoms with Crippen molar-refractivity contribution in [2.75, 3.05) is 13.2 Å². The number of amides is 2. The van der Waals surface area contributed by atoms with E-state index >= 15 is 0 Å². The number of hydrogen-bond donors (Lipinski definition) is 1. The second-order valence-electron chi connectivity index (χ2n) is 6.01. The molecule has 1 N–H and O–H groups in total. The van der Waals surface area contributed by atoms with E-state index in [1.807, 2.05) is 0 Å². The van der Waals surface area contributed by atoms with Crippen LogP contribution in [0.15, 0.2) is 12.7 Å². The Labute approximate surface area is 120 Å². The van der Waals surface area contributed by atoms with Gasteiger partial charge in [-0.25, -0.2) is 0 Å². The number of ether oxygens (including phenoxy) is 1. The molecular formula is C15H24N2O3. The summed E-state index contributed by atoms with van der Waals surface area (Å²) in [5.41, 5.74) is 0. The molecule has 5 heteroatoms. The van der Waals surface area contributed by atoms with Crippen molar-refractivity contribution in [1.82, 2.24) is 10.2 Å². The normalized spacial score (nSPS) is 30.1. The Balaban J connectivity index is 2.00. The molecule has 0 aromatic heterocycles. The Morgan fingerprint density at radius 2 is 2.25 bits per heavy atom. The summed E-state index contributed by atoms with van der Waals surface area (Å²) < 4.78 is 5.62. The fraction of sp³-hybridized carbons (Fsp3) is 0.733. The van der Waals surface area contributed by atoms with E-state index < -0.39 is 0 Å². The maximum absolute atomic E-state index is 12.4. The molecule has 0 saturated carbocycles. The van der Waals surface area contributed by atoms with Crippen molar-refractivity contribution in [3.8, 4) is 0 Å². The largest absolute Gasteiger partial charge is 0.374 e. The summed E-state index contributed by atoms with van der Waals surface area (Å²) in [5, 5.41) is 2.87. The Hall–Kier alpha value is -1.36. The summed E-state index contributed by atoms with van der Waals surface area (Å²) in [6.07, 6.45) is 3.81. The van der Waals surface area contributed by atoms with E-state index in [2.05, 4.69) is 25.7 Å². The second kappa shape index (κ2) is 6.39. The van der Waals surface area contributed by atoms with Gasteiger partial charge in [0.05, 0.1) is 12.7 Å². The van der Waals surface area contributed by atoms with Crippen molar-refractivity contribution in [3.05, 3.63) is 12.7 Å². The third-order valence-electron chi connectivity index (χ3n) is 3.91. The monoisotopic (exact) mass is 280 g/mol. The SMILES string of the molecule is C=CCOC1CCN2C(=O)C(CC(C)C)NC(=O)C2C1. The molecule has 20 heavy (non-hydrogen) atoms. The van der Waals surface area contributed by atoms with Gasteiger partial charge in [-0.15, -0.1) is 6.58 Å². The van der Waals surface area contributed by atoms with Crippen molar-refractivity contribution in [1.29, 1.82) is 0 Å². The number of piperidine rings is 1. The number of hydrogen-bond acceptors (Lipinski definition) is 3. The lowest BCUT2D eigenvalue weighted by Crippen LogP contribution is -2.66. The van der Waals surface area contributed by atoms with Crippen LogP contribution in [0, 0.1) is 5.92 Å². The first-order valence-electron chi connectivity index (χ1n) is 7.36. The van der Waals surface area contributed by atoms with Gasteiger partial charge in [0.2, 0.25) is 11.8 Å². The molecule has 112 valence electrons. The highest BCUT2D eigenvalue weighted by atomic mass is 16.5. The highest BCUT2D eigenvalue weighted by Gasteiger charge is 2.43. The average molecular weight is 280 g/mol. The Bertz CT molecular complexity index is 395. The van der Waals surface area contributed by atoms with Crippen LogP contribution < -0.4 is 5.32 Å². The smallest absolute Gasteiger partial charge is 0.245 e. The van der Waals surface area contributed by atoms with E-state index in [0.717, 1.165) is 6.42 Å². The van der Waals surface area contributed by atoms with Crippen LogP contribution in [0.3, 0.4) is 0 Å². The first-order valence-corrected chi connectivity index (χ1v) is 7.36. The second-order valence-corrected chi connectivity index (χ2v) is 6.01. The number of nitrogens with one attached hydrogen (secondary N) is 1. The van der Waals surface area contributed by atoms with Gasteiger partial charge in [0.15, 0.2) is 0 Å². The lowest BCUT2D eigenvalue weighted by molar-refractivity contribution is -0.154. The Morgan fingerprint density at radius 1 is 1.50 bits per heavy atom. The third kappa shape index (κ3) is 3.20. The number of fused-ring (bicyclic) bond motifs is 1. The van der Waals surface area contributed by atoms with E-state index in [1.165, 1.54) is 0 Å². The highest BCUT2D eigenvalue weighted by Crippen LogP contribution is 2.25.